The summed E-state index contributed by atoms with van der Waals surface area (Å²) in [5.74, 6) is -0.782. The number of aliphatic carboxylic acids is 1. The van der Waals surface area contributed by atoms with E-state index in [0.717, 1.165) is 15.1 Å². The molecule has 1 aromatic heterocycles. The van der Waals surface area contributed by atoms with Crippen LogP contribution in [0.3, 0.4) is 0 Å². The molecule has 1 heterocycles. The van der Waals surface area contributed by atoms with Crippen molar-refractivity contribution >= 4 is 33.2 Å². The Morgan fingerprint density at radius 1 is 1.62 bits per heavy atom. The Morgan fingerprint density at radius 3 is 2.62 bits per heavy atom. The summed E-state index contributed by atoms with van der Waals surface area (Å²) in [4.78, 5) is 13.0. The smallest absolute Gasteiger partial charge is 0.314 e. The van der Waals surface area contributed by atoms with Crippen LogP contribution >= 0.6 is 27.3 Å². The number of halogens is 1. The van der Waals surface area contributed by atoms with Gasteiger partial charge in [0.15, 0.2) is 0 Å². The monoisotopic (exact) mass is 262 g/mol. The predicted octanol–water partition coefficient (Wildman–Crippen LogP) is 3.01. The lowest BCUT2D eigenvalue weighted by Crippen LogP contribution is -2.27. The van der Waals surface area contributed by atoms with E-state index in [0.29, 0.717) is 0 Å². The van der Waals surface area contributed by atoms with Crippen molar-refractivity contribution < 1.29 is 9.90 Å². The van der Waals surface area contributed by atoms with Crippen LogP contribution in [0.2, 0.25) is 0 Å². The quantitative estimate of drug-likeness (QED) is 0.851. The average Bonchev–Trinajstić information content (AvgIpc) is 2.51. The van der Waals surface area contributed by atoms with E-state index in [1.54, 1.807) is 25.2 Å². The molecule has 0 spiro atoms. The molecule has 1 N–H and O–H groups in total. The number of carboxylic acids is 1. The number of carbonyl (C=O) groups is 1. The molecule has 0 bridgehead atoms. The number of hydrogen-bond donors (Lipinski definition) is 1. The summed E-state index contributed by atoms with van der Waals surface area (Å²) < 4.78 is 0. The maximum absolute atomic E-state index is 10.9. The van der Waals surface area contributed by atoms with Gasteiger partial charge in [-0.25, -0.2) is 0 Å². The Hall–Kier alpha value is -0.350. The highest BCUT2D eigenvalue weighted by atomic mass is 79.9. The van der Waals surface area contributed by atoms with E-state index < -0.39 is 11.4 Å². The SMILES string of the molecule is CC(C)(C(=O)O)c1ccc(CBr)s1. The number of carboxylic acid groups (broad SMARTS) is 1. The molecule has 13 heavy (non-hydrogen) atoms. The lowest BCUT2D eigenvalue weighted by atomic mass is 9.92. The number of rotatable bonds is 3. The van der Waals surface area contributed by atoms with E-state index in [1.807, 2.05) is 12.1 Å². The zero-order chi connectivity index (χ0) is 10.1. The van der Waals surface area contributed by atoms with Crippen LogP contribution in [-0.2, 0) is 15.5 Å². The first-order valence-electron chi connectivity index (χ1n) is 3.87. The summed E-state index contributed by atoms with van der Waals surface area (Å²) >= 11 is 4.88. The van der Waals surface area contributed by atoms with Crippen molar-refractivity contribution in [2.75, 3.05) is 0 Å². The van der Waals surface area contributed by atoms with Gasteiger partial charge in [-0.1, -0.05) is 15.9 Å². The maximum atomic E-state index is 10.9. The van der Waals surface area contributed by atoms with E-state index in [9.17, 15) is 4.79 Å². The van der Waals surface area contributed by atoms with Gasteiger partial charge in [0.05, 0.1) is 5.41 Å². The Balaban J connectivity index is 3.00. The molecule has 0 unspecified atom stereocenters. The molecule has 0 aromatic carbocycles. The van der Waals surface area contributed by atoms with Gasteiger partial charge in [0.2, 0.25) is 0 Å². The van der Waals surface area contributed by atoms with Crippen molar-refractivity contribution in [2.24, 2.45) is 0 Å². The van der Waals surface area contributed by atoms with Crippen molar-refractivity contribution in [3.8, 4) is 0 Å². The molecule has 1 aromatic rings. The summed E-state index contributed by atoms with van der Waals surface area (Å²) in [5.41, 5.74) is -0.773. The van der Waals surface area contributed by atoms with Gasteiger partial charge in [0, 0.05) is 15.1 Å². The summed E-state index contributed by atoms with van der Waals surface area (Å²) in [6, 6.07) is 3.84. The molecule has 72 valence electrons. The third-order valence-electron chi connectivity index (χ3n) is 1.94. The highest BCUT2D eigenvalue weighted by Gasteiger charge is 2.30. The zero-order valence-corrected chi connectivity index (χ0v) is 9.91. The zero-order valence-electron chi connectivity index (χ0n) is 7.50. The predicted molar refractivity (Wildman–Crippen MR) is 57.6 cm³/mol. The first-order chi connectivity index (χ1) is 5.98. The second-order valence-corrected chi connectivity index (χ2v) is 5.06. The molecule has 0 radical (unpaired) electrons. The van der Waals surface area contributed by atoms with Crippen molar-refractivity contribution in [1.29, 1.82) is 0 Å². The van der Waals surface area contributed by atoms with Gasteiger partial charge >= 0.3 is 5.97 Å². The van der Waals surface area contributed by atoms with Crippen LogP contribution < -0.4 is 0 Å². The first-order valence-corrected chi connectivity index (χ1v) is 5.81. The van der Waals surface area contributed by atoms with Gasteiger partial charge in [0.1, 0.15) is 0 Å². The minimum atomic E-state index is -0.782. The Morgan fingerprint density at radius 2 is 2.23 bits per heavy atom. The lowest BCUT2D eigenvalue weighted by Gasteiger charge is -2.16. The first kappa shape index (κ1) is 10.7. The second-order valence-electron chi connectivity index (χ2n) is 3.33. The fourth-order valence-corrected chi connectivity index (χ4v) is 2.37. The Labute approximate surface area is 89.7 Å². The number of alkyl halides is 1. The summed E-state index contributed by atoms with van der Waals surface area (Å²) in [7, 11) is 0. The van der Waals surface area contributed by atoms with Crippen LogP contribution in [0.15, 0.2) is 12.1 Å². The average molecular weight is 263 g/mol. The minimum Gasteiger partial charge on any atom is -0.481 e. The molecule has 0 aliphatic rings. The maximum Gasteiger partial charge on any atom is 0.314 e. The van der Waals surface area contributed by atoms with Crippen LogP contribution in [-0.4, -0.2) is 11.1 Å². The van der Waals surface area contributed by atoms with Crippen LogP contribution in [0.25, 0.3) is 0 Å². The van der Waals surface area contributed by atoms with Crippen molar-refractivity contribution in [2.45, 2.75) is 24.6 Å². The molecule has 0 atom stereocenters. The van der Waals surface area contributed by atoms with Gasteiger partial charge in [-0.3, -0.25) is 4.79 Å². The van der Waals surface area contributed by atoms with E-state index in [-0.39, 0.29) is 0 Å². The Bertz CT molecular complexity index is 317. The van der Waals surface area contributed by atoms with Gasteiger partial charge in [0.25, 0.3) is 0 Å². The van der Waals surface area contributed by atoms with Crippen molar-refractivity contribution in [3.63, 3.8) is 0 Å². The third kappa shape index (κ3) is 2.11. The summed E-state index contributed by atoms with van der Waals surface area (Å²) in [5, 5.41) is 9.76. The van der Waals surface area contributed by atoms with Gasteiger partial charge < -0.3 is 5.11 Å². The van der Waals surface area contributed by atoms with Crippen LogP contribution in [0.1, 0.15) is 23.6 Å². The van der Waals surface area contributed by atoms with E-state index in [1.165, 1.54) is 0 Å². The highest BCUT2D eigenvalue weighted by Crippen LogP contribution is 2.31. The number of thiophene rings is 1. The molecule has 0 aliphatic carbocycles. The van der Waals surface area contributed by atoms with E-state index in [4.69, 9.17) is 5.11 Å². The molecule has 0 saturated heterocycles. The lowest BCUT2D eigenvalue weighted by molar-refractivity contribution is -0.142. The van der Waals surface area contributed by atoms with Gasteiger partial charge in [-0.05, 0) is 26.0 Å². The van der Waals surface area contributed by atoms with Gasteiger partial charge in [-0.15, -0.1) is 11.3 Å². The summed E-state index contributed by atoms with van der Waals surface area (Å²) in [6.45, 7) is 3.44. The highest BCUT2D eigenvalue weighted by molar-refractivity contribution is 9.08. The van der Waals surface area contributed by atoms with Crippen LogP contribution in [0.4, 0.5) is 0 Å². The topological polar surface area (TPSA) is 37.3 Å². The molecule has 0 aliphatic heterocycles. The fourth-order valence-electron chi connectivity index (χ4n) is 0.891. The minimum absolute atomic E-state index is 0.773. The normalized spacial score (nSPS) is 11.6. The van der Waals surface area contributed by atoms with Crippen molar-refractivity contribution in [3.05, 3.63) is 21.9 Å². The molecular formula is C9H11BrO2S. The standard InChI is InChI=1S/C9H11BrO2S/c1-9(2,8(11)12)7-4-3-6(5-10)13-7/h3-4H,5H2,1-2H3,(H,11,12). The second kappa shape index (κ2) is 3.80. The largest absolute Gasteiger partial charge is 0.481 e. The van der Waals surface area contributed by atoms with E-state index in [2.05, 4.69) is 15.9 Å². The molecule has 1 rings (SSSR count). The Kier molecular flexibility index (Phi) is 3.14. The van der Waals surface area contributed by atoms with Gasteiger partial charge in [-0.2, -0.15) is 0 Å². The molecule has 0 amide bonds. The summed E-state index contributed by atoms with van der Waals surface area (Å²) in [6.07, 6.45) is 0. The molecule has 0 fully saturated rings. The van der Waals surface area contributed by atoms with Crippen LogP contribution in [0, 0.1) is 0 Å². The van der Waals surface area contributed by atoms with Crippen LogP contribution in [0.5, 0.6) is 0 Å². The van der Waals surface area contributed by atoms with Crippen molar-refractivity contribution in [1.82, 2.24) is 0 Å². The molecule has 2 nitrogen and oxygen atoms in total. The number of hydrogen-bond acceptors (Lipinski definition) is 2. The fraction of sp³-hybridized carbons (Fsp3) is 0.444. The molecular weight excluding hydrogens is 252 g/mol. The molecule has 0 saturated carbocycles. The third-order valence-corrected chi connectivity index (χ3v) is 4.33. The molecule has 4 heteroatoms. The van der Waals surface area contributed by atoms with E-state index >= 15 is 0 Å².